The molecule has 0 radical (unpaired) electrons. The average Bonchev–Trinajstić information content (AvgIpc) is 2.82. The van der Waals surface area contributed by atoms with Gasteiger partial charge in [0.1, 0.15) is 13.2 Å². The average molecular weight is 421 g/mol. The minimum atomic E-state index is -0.540. The fraction of sp³-hybridized carbons (Fsp3) is 0.360. The van der Waals surface area contributed by atoms with Crippen molar-refractivity contribution < 1.29 is 23.8 Å². The van der Waals surface area contributed by atoms with Crippen LogP contribution in [0, 0.1) is 5.92 Å². The third-order valence-corrected chi connectivity index (χ3v) is 5.65. The Morgan fingerprint density at radius 3 is 2.52 bits per heavy atom. The summed E-state index contributed by atoms with van der Waals surface area (Å²) in [5.41, 5.74) is 2.14. The molecule has 1 amide bonds. The van der Waals surface area contributed by atoms with E-state index in [0.717, 1.165) is 24.8 Å². The first kappa shape index (κ1) is 21.0. The van der Waals surface area contributed by atoms with E-state index >= 15 is 0 Å². The van der Waals surface area contributed by atoms with Gasteiger partial charge < -0.3 is 19.1 Å². The molecule has 0 aliphatic carbocycles. The molecule has 0 N–H and O–H groups in total. The van der Waals surface area contributed by atoms with Crippen molar-refractivity contribution in [1.82, 2.24) is 4.90 Å². The van der Waals surface area contributed by atoms with E-state index in [0.29, 0.717) is 43.7 Å². The van der Waals surface area contributed by atoms with E-state index in [9.17, 15) is 9.59 Å². The lowest BCUT2D eigenvalue weighted by molar-refractivity contribution is -0.148. The van der Waals surface area contributed by atoms with Gasteiger partial charge in [0.25, 0.3) is 5.91 Å². The molecule has 162 valence electrons. The highest BCUT2D eigenvalue weighted by Crippen LogP contribution is 2.31. The molecule has 0 unspecified atom stereocenters. The fourth-order valence-electron chi connectivity index (χ4n) is 3.93. The van der Waals surface area contributed by atoms with Crippen molar-refractivity contribution in [3.63, 3.8) is 0 Å². The van der Waals surface area contributed by atoms with Crippen molar-refractivity contribution in [3.05, 3.63) is 65.7 Å². The Hall–Kier alpha value is -3.28. The Balaban J connectivity index is 1.19. The zero-order chi connectivity index (χ0) is 21.5. The zero-order valence-corrected chi connectivity index (χ0v) is 17.5. The number of ether oxygens (including phenoxy) is 3. The number of hydrogen-bond donors (Lipinski definition) is 0. The number of piperidine rings is 1. The van der Waals surface area contributed by atoms with Crippen molar-refractivity contribution in [2.45, 2.75) is 19.3 Å². The number of fused-ring (bicyclic) bond motifs is 1. The van der Waals surface area contributed by atoms with Gasteiger partial charge in [-0.05, 0) is 54.5 Å². The van der Waals surface area contributed by atoms with E-state index in [-0.39, 0.29) is 12.5 Å². The van der Waals surface area contributed by atoms with Gasteiger partial charge in [0, 0.05) is 19.2 Å². The van der Waals surface area contributed by atoms with Crippen LogP contribution in [0.2, 0.25) is 0 Å². The number of amides is 1. The molecule has 4 rings (SSSR count). The maximum Gasteiger partial charge on any atom is 0.331 e. The molecule has 0 spiro atoms. The molecule has 6 heteroatoms. The molecule has 31 heavy (non-hydrogen) atoms. The molecular weight excluding hydrogens is 394 g/mol. The number of carbonyl (C=O) groups excluding carboxylic acids is 2. The number of nitrogens with zero attached hydrogens (tertiary/aromatic N) is 1. The second-order valence-corrected chi connectivity index (χ2v) is 7.86. The third kappa shape index (κ3) is 5.87. The number of benzene rings is 2. The summed E-state index contributed by atoms with van der Waals surface area (Å²) in [6.07, 6.45) is 5.95. The second kappa shape index (κ2) is 10.2. The summed E-state index contributed by atoms with van der Waals surface area (Å²) >= 11 is 0. The van der Waals surface area contributed by atoms with Gasteiger partial charge in [-0.1, -0.05) is 36.4 Å². The number of esters is 1. The number of likely N-dealkylation sites (tertiary alicyclic amines) is 1. The Morgan fingerprint density at radius 2 is 1.74 bits per heavy atom. The summed E-state index contributed by atoms with van der Waals surface area (Å²) in [5, 5.41) is 0. The first-order valence-electron chi connectivity index (χ1n) is 10.7. The highest BCUT2D eigenvalue weighted by Gasteiger charge is 2.23. The summed E-state index contributed by atoms with van der Waals surface area (Å²) in [6, 6.07) is 15.9. The Kier molecular flexibility index (Phi) is 6.87. The van der Waals surface area contributed by atoms with Gasteiger partial charge in [-0.3, -0.25) is 4.79 Å². The molecule has 2 aromatic carbocycles. The minimum absolute atomic E-state index is 0.140. The summed E-state index contributed by atoms with van der Waals surface area (Å²) < 4.78 is 16.2. The van der Waals surface area contributed by atoms with E-state index in [2.05, 4.69) is 24.3 Å². The lowest BCUT2D eigenvalue weighted by Gasteiger charge is -2.32. The van der Waals surface area contributed by atoms with Crippen molar-refractivity contribution in [1.29, 1.82) is 0 Å². The zero-order valence-electron chi connectivity index (χ0n) is 17.5. The van der Waals surface area contributed by atoms with Crippen LogP contribution in [0.3, 0.4) is 0 Å². The normalized spacial score (nSPS) is 16.3. The van der Waals surface area contributed by atoms with Gasteiger partial charge in [-0.25, -0.2) is 4.79 Å². The monoisotopic (exact) mass is 421 g/mol. The topological polar surface area (TPSA) is 65.1 Å². The first-order chi connectivity index (χ1) is 15.2. The van der Waals surface area contributed by atoms with Crippen LogP contribution >= 0.6 is 0 Å². The van der Waals surface area contributed by atoms with Crippen LogP contribution in [-0.4, -0.2) is 49.7 Å². The van der Waals surface area contributed by atoms with Crippen molar-refractivity contribution in [2.75, 3.05) is 32.9 Å². The maximum atomic E-state index is 12.4. The number of rotatable bonds is 6. The molecule has 0 atom stereocenters. The number of carbonyl (C=O) groups is 2. The predicted octanol–water partition coefficient (Wildman–Crippen LogP) is 3.50. The van der Waals surface area contributed by atoms with Crippen molar-refractivity contribution in [3.8, 4) is 11.5 Å². The standard InChI is InChI=1S/C25H27NO5/c27-24(26-12-10-21(11-13-26)16-19-4-2-1-3-5-19)18-31-25(28)9-7-20-6-8-22-23(17-20)30-15-14-29-22/h1-9,17,21H,10-16,18H2/b9-7+. The van der Waals surface area contributed by atoms with Crippen LogP contribution in [0.15, 0.2) is 54.6 Å². The van der Waals surface area contributed by atoms with Gasteiger partial charge >= 0.3 is 5.97 Å². The Bertz CT molecular complexity index is 932. The van der Waals surface area contributed by atoms with Crippen LogP contribution in [0.5, 0.6) is 11.5 Å². The second-order valence-electron chi connectivity index (χ2n) is 7.86. The molecule has 6 nitrogen and oxygen atoms in total. The van der Waals surface area contributed by atoms with Crippen LogP contribution in [-0.2, 0) is 20.7 Å². The molecule has 2 heterocycles. The smallest absolute Gasteiger partial charge is 0.331 e. The van der Waals surface area contributed by atoms with E-state index in [1.165, 1.54) is 11.6 Å². The maximum absolute atomic E-state index is 12.4. The molecule has 1 fully saturated rings. The van der Waals surface area contributed by atoms with E-state index in [1.54, 1.807) is 11.0 Å². The van der Waals surface area contributed by atoms with Crippen molar-refractivity contribution >= 4 is 18.0 Å². The Morgan fingerprint density at radius 1 is 1.00 bits per heavy atom. The molecule has 0 bridgehead atoms. The molecule has 2 aliphatic rings. The lowest BCUT2D eigenvalue weighted by atomic mass is 9.90. The molecule has 2 aliphatic heterocycles. The predicted molar refractivity (Wildman–Crippen MR) is 117 cm³/mol. The third-order valence-electron chi connectivity index (χ3n) is 5.65. The van der Waals surface area contributed by atoms with Crippen LogP contribution in [0.1, 0.15) is 24.0 Å². The van der Waals surface area contributed by atoms with E-state index in [1.807, 2.05) is 24.3 Å². The summed E-state index contributed by atoms with van der Waals surface area (Å²) in [5.74, 6) is 1.26. The quantitative estimate of drug-likeness (QED) is 0.528. The Labute approximate surface area is 182 Å². The molecule has 0 aromatic heterocycles. The van der Waals surface area contributed by atoms with E-state index in [4.69, 9.17) is 14.2 Å². The SMILES string of the molecule is O=C(/C=C/c1ccc2c(c1)OCCO2)OCC(=O)N1CCC(Cc2ccccc2)CC1. The van der Waals surface area contributed by atoms with Gasteiger partial charge in [0.2, 0.25) is 0 Å². The summed E-state index contributed by atoms with van der Waals surface area (Å²) in [6.45, 7) is 2.23. The first-order valence-corrected chi connectivity index (χ1v) is 10.7. The highest BCUT2D eigenvalue weighted by atomic mass is 16.6. The molecule has 0 saturated carbocycles. The minimum Gasteiger partial charge on any atom is -0.486 e. The van der Waals surface area contributed by atoms with Crippen LogP contribution in [0.4, 0.5) is 0 Å². The van der Waals surface area contributed by atoms with E-state index < -0.39 is 5.97 Å². The van der Waals surface area contributed by atoms with Gasteiger partial charge in [0.05, 0.1) is 0 Å². The number of hydrogen-bond acceptors (Lipinski definition) is 5. The fourth-order valence-corrected chi connectivity index (χ4v) is 3.93. The lowest BCUT2D eigenvalue weighted by Crippen LogP contribution is -2.41. The largest absolute Gasteiger partial charge is 0.486 e. The van der Waals surface area contributed by atoms with Crippen LogP contribution in [0.25, 0.3) is 6.08 Å². The molecular formula is C25H27NO5. The van der Waals surface area contributed by atoms with Gasteiger partial charge in [-0.15, -0.1) is 0 Å². The van der Waals surface area contributed by atoms with Gasteiger partial charge in [-0.2, -0.15) is 0 Å². The van der Waals surface area contributed by atoms with Crippen molar-refractivity contribution in [2.24, 2.45) is 5.92 Å². The molecule has 1 saturated heterocycles. The summed E-state index contributed by atoms with van der Waals surface area (Å²) in [7, 11) is 0. The molecule has 2 aromatic rings. The highest BCUT2D eigenvalue weighted by molar-refractivity contribution is 5.89. The van der Waals surface area contributed by atoms with Gasteiger partial charge in [0.15, 0.2) is 18.1 Å². The van der Waals surface area contributed by atoms with Crippen LogP contribution < -0.4 is 9.47 Å². The summed E-state index contributed by atoms with van der Waals surface area (Å²) in [4.78, 5) is 26.2.